The number of methoxy groups -OCH3 is 1. The average Bonchev–Trinajstić information content (AvgIpc) is 2.39. The van der Waals surface area contributed by atoms with Crippen LogP contribution in [0.2, 0.25) is 0 Å². The van der Waals surface area contributed by atoms with E-state index < -0.39 is 5.82 Å². The number of hydrogen-bond donors (Lipinski definition) is 1. The van der Waals surface area contributed by atoms with Gasteiger partial charge in [0, 0.05) is 11.8 Å². The van der Waals surface area contributed by atoms with Crippen molar-refractivity contribution in [2.24, 2.45) is 0 Å². The summed E-state index contributed by atoms with van der Waals surface area (Å²) in [7, 11) is 1.41. The minimum Gasteiger partial charge on any atom is -0.494 e. The van der Waals surface area contributed by atoms with Crippen molar-refractivity contribution in [3.63, 3.8) is 0 Å². The van der Waals surface area contributed by atoms with E-state index in [1.165, 1.54) is 19.2 Å². The zero-order valence-corrected chi connectivity index (χ0v) is 9.64. The molecule has 0 aliphatic rings. The standard InChI is InChI=1S/C13H10FN3O/c1-18-12-6-5-9(7-11(12)14)16-13-4-2-3-10(8-15)17-13/h2-7H,1H3,(H,16,17). The predicted molar refractivity (Wildman–Crippen MR) is 65.2 cm³/mol. The number of ether oxygens (including phenoxy) is 1. The lowest BCUT2D eigenvalue weighted by Gasteiger charge is -2.07. The highest BCUT2D eigenvalue weighted by Crippen LogP contribution is 2.22. The second-order valence-corrected chi connectivity index (χ2v) is 3.49. The largest absolute Gasteiger partial charge is 0.494 e. The first-order chi connectivity index (χ1) is 8.72. The van der Waals surface area contributed by atoms with E-state index in [1.54, 1.807) is 24.3 Å². The molecule has 2 aromatic rings. The van der Waals surface area contributed by atoms with Gasteiger partial charge in [-0.05, 0) is 24.3 Å². The van der Waals surface area contributed by atoms with Crippen LogP contribution >= 0.6 is 0 Å². The first-order valence-electron chi connectivity index (χ1n) is 5.20. The summed E-state index contributed by atoms with van der Waals surface area (Å²) in [5.41, 5.74) is 0.838. The molecular weight excluding hydrogens is 233 g/mol. The van der Waals surface area contributed by atoms with E-state index in [4.69, 9.17) is 10.00 Å². The van der Waals surface area contributed by atoms with Crippen molar-refractivity contribution < 1.29 is 9.13 Å². The highest BCUT2D eigenvalue weighted by molar-refractivity contribution is 5.57. The van der Waals surface area contributed by atoms with Crippen molar-refractivity contribution in [1.82, 2.24) is 4.98 Å². The number of hydrogen-bond acceptors (Lipinski definition) is 4. The molecule has 2 rings (SSSR count). The molecular formula is C13H10FN3O. The average molecular weight is 243 g/mol. The number of nitrogens with zero attached hydrogens (tertiary/aromatic N) is 2. The second kappa shape index (κ2) is 5.15. The molecule has 0 bridgehead atoms. The van der Waals surface area contributed by atoms with Crippen molar-refractivity contribution in [1.29, 1.82) is 5.26 Å². The Hall–Kier alpha value is -2.61. The van der Waals surface area contributed by atoms with E-state index in [-0.39, 0.29) is 5.75 Å². The van der Waals surface area contributed by atoms with Crippen LogP contribution in [0, 0.1) is 17.1 Å². The Morgan fingerprint density at radius 2 is 2.17 bits per heavy atom. The third-order valence-electron chi connectivity index (χ3n) is 2.29. The Labute approximate surface area is 104 Å². The fourth-order valence-electron chi connectivity index (χ4n) is 1.46. The molecule has 1 aromatic heterocycles. The highest BCUT2D eigenvalue weighted by atomic mass is 19.1. The molecule has 0 saturated heterocycles. The van der Waals surface area contributed by atoms with E-state index in [0.717, 1.165) is 0 Å². The third kappa shape index (κ3) is 2.55. The minimum atomic E-state index is -0.459. The van der Waals surface area contributed by atoms with Crippen molar-refractivity contribution in [3.8, 4) is 11.8 Å². The quantitative estimate of drug-likeness (QED) is 0.900. The SMILES string of the molecule is COc1ccc(Nc2cccc(C#N)n2)cc1F. The Bertz CT molecular complexity index is 607. The maximum atomic E-state index is 13.5. The Kier molecular flexibility index (Phi) is 3.39. The molecule has 5 heteroatoms. The molecule has 0 aliphatic heterocycles. The van der Waals surface area contributed by atoms with E-state index >= 15 is 0 Å². The van der Waals surface area contributed by atoms with Gasteiger partial charge in [-0.15, -0.1) is 0 Å². The molecule has 1 N–H and O–H groups in total. The minimum absolute atomic E-state index is 0.180. The molecule has 0 radical (unpaired) electrons. The summed E-state index contributed by atoms with van der Waals surface area (Å²) < 4.78 is 18.3. The zero-order chi connectivity index (χ0) is 13.0. The molecule has 1 heterocycles. The summed E-state index contributed by atoms with van der Waals surface area (Å²) in [6.45, 7) is 0. The van der Waals surface area contributed by atoms with Gasteiger partial charge in [0.05, 0.1) is 7.11 Å². The molecule has 1 aromatic carbocycles. The fourth-order valence-corrected chi connectivity index (χ4v) is 1.46. The molecule has 0 unspecified atom stereocenters. The van der Waals surface area contributed by atoms with Crippen LogP contribution in [0.4, 0.5) is 15.9 Å². The predicted octanol–water partition coefficient (Wildman–Crippen LogP) is 2.84. The number of nitrogens with one attached hydrogen (secondary N) is 1. The van der Waals surface area contributed by atoms with E-state index in [2.05, 4.69) is 10.3 Å². The molecule has 0 atom stereocenters. The summed E-state index contributed by atoms with van der Waals surface area (Å²) in [6, 6.07) is 11.4. The number of anilines is 2. The number of nitriles is 1. The summed E-state index contributed by atoms with van der Waals surface area (Å²) >= 11 is 0. The maximum Gasteiger partial charge on any atom is 0.167 e. The second-order valence-electron chi connectivity index (χ2n) is 3.49. The summed E-state index contributed by atoms with van der Waals surface area (Å²) in [4.78, 5) is 4.03. The van der Waals surface area contributed by atoms with Crippen molar-refractivity contribution >= 4 is 11.5 Å². The number of aromatic nitrogens is 1. The fraction of sp³-hybridized carbons (Fsp3) is 0.0769. The van der Waals surface area contributed by atoms with Crippen molar-refractivity contribution in [3.05, 3.63) is 47.9 Å². The number of rotatable bonds is 3. The third-order valence-corrected chi connectivity index (χ3v) is 2.29. The van der Waals surface area contributed by atoms with E-state index in [1.807, 2.05) is 6.07 Å². The number of benzene rings is 1. The van der Waals surface area contributed by atoms with Gasteiger partial charge in [-0.1, -0.05) is 6.07 Å². The first-order valence-corrected chi connectivity index (χ1v) is 5.20. The van der Waals surface area contributed by atoms with Crippen LogP contribution < -0.4 is 10.1 Å². The molecule has 0 aliphatic carbocycles. The van der Waals surface area contributed by atoms with Crippen LogP contribution in [0.3, 0.4) is 0 Å². The van der Waals surface area contributed by atoms with Crippen LogP contribution in [0.25, 0.3) is 0 Å². The summed E-state index contributed by atoms with van der Waals surface area (Å²) in [6.07, 6.45) is 0. The zero-order valence-electron chi connectivity index (χ0n) is 9.64. The molecule has 0 fully saturated rings. The summed E-state index contributed by atoms with van der Waals surface area (Å²) in [5.74, 6) is 0.205. The lowest BCUT2D eigenvalue weighted by Crippen LogP contribution is -1.96. The van der Waals surface area contributed by atoms with Gasteiger partial charge in [0.2, 0.25) is 0 Å². The van der Waals surface area contributed by atoms with Crippen LogP contribution in [-0.2, 0) is 0 Å². The lowest BCUT2D eigenvalue weighted by atomic mass is 10.3. The van der Waals surface area contributed by atoms with Gasteiger partial charge in [-0.25, -0.2) is 9.37 Å². The van der Waals surface area contributed by atoms with Crippen LogP contribution in [-0.4, -0.2) is 12.1 Å². The molecule has 0 amide bonds. The number of pyridine rings is 1. The van der Waals surface area contributed by atoms with Gasteiger partial charge in [-0.3, -0.25) is 0 Å². The monoisotopic (exact) mass is 243 g/mol. The molecule has 18 heavy (non-hydrogen) atoms. The van der Waals surface area contributed by atoms with Gasteiger partial charge >= 0.3 is 0 Å². The smallest absolute Gasteiger partial charge is 0.167 e. The Balaban J connectivity index is 2.23. The van der Waals surface area contributed by atoms with E-state index in [9.17, 15) is 4.39 Å². The van der Waals surface area contributed by atoms with Gasteiger partial charge in [-0.2, -0.15) is 5.26 Å². The molecule has 4 nitrogen and oxygen atoms in total. The van der Waals surface area contributed by atoms with Gasteiger partial charge in [0.15, 0.2) is 11.6 Å². The molecule has 0 spiro atoms. The van der Waals surface area contributed by atoms with Crippen LogP contribution in [0.15, 0.2) is 36.4 Å². The van der Waals surface area contributed by atoms with Crippen molar-refractivity contribution in [2.45, 2.75) is 0 Å². The Morgan fingerprint density at radius 3 is 2.83 bits per heavy atom. The first kappa shape index (κ1) is 11.9. The summed E-state index contributed by atoms with van der Waals surface area (Å²) in [5, 5.41) is 11.6. The molecule has 90 valence electrons. The highest BCUT2D eigenvalue weighted by Gasteiger charge is 2.04. The lowest BCUT2D eigenvalue weighted by molar-refractivity contribution is 0.386. The Morgan fingerprint density at radius 1 is 1.33 bits per heavy atom. The maximum absolute atomic E-state index is 13.5. The van der Waals surface area contributed by atoms with Crippen LogP contribution in [0.5, 0.6) is 5.75 Å². The van der Waals surface area contributed by atoms with E-state index in [0.29, 0.717) is 17.2 Å². The van der Waals surface area contributed by atoms with Gasteiger partial charge in [0.25, 0.3) is 0 Å². The van der Waals surface area contributed by atoms with Gasteiger partial charge < -0.3 is 10.1 Å². The molecule has 0 saturated carbocycles. The van der Waals surface area contributed by atoms with Gasteiger partial charge in [0.1, 0.15) is 17.6 Å². The van der Waals surface area contributed by atoms with Crippen molar-refractivity contribution in [2.75, 3.05) is 12.4 Å². The normalized spacial score (nSPS) is 9.61. The number of halogens is 1. The van der Waals surface area contributed by atoms with Crippen LogP contribution in [0.1, 0.15) is 5.69 Å². The topological polar surface area (TPSA) is 57.9 Å².